The Kier molecular flexibility index (Phi) is 6.30. The van der Waals surface area contributed by atoms with Crippen LogP contribution in [0.4, 0.5) is 0 Å². The number of carboxylic acids is 1. The molecule has 0 amide bonds. The lowest BCUT2D eigenvalue weighted by atomic mass is 10.2. The van der Waals surface area contributed by atoms with E-state index in [4.69, 9.17) is 15.1 Å². The van der Waals surface area contributed by atoms with Crippen LogP contribution in [0.5, 0.6) is 0 Å². The van der Waals surface area contributed by atoms with Crippen LogP contribution in [-0.4, -0.2) is 39.3 Å². The summed E-state index contributed by atoms with van der Waals surface area (Å²) in [6.45, 7) is 0.135. The van der Waals surface area contributed by atoms with Gasteiger partial charge in [0.25, 0.3) is 0 Å². The molecule has 0 aliphatic rings. The number of nitrogens with one attached hydrogen (secondary N) is 1. The Bertz CT molecular complexity index is 619. The molecule has 1 aromatic carbocycles. The molecule has 0 fully saturated rings. The fourth-order valence-electron chi connectivity index (χ4n) is 1.62. The first kappa shape index (κ1) is 17.1. The van der Waals surface area contributed by atoms with E-state index in [0.29, 0.717) is 11.1 Å². The lowest BCUT2D eigenvalue weighted by Crippen LogP contribution is -2.41. The van der Waals surface area contributed by atoms with Gasteiger partial charge in [0.1, 0.15) is 6.04 Å². The highest BCUT2D eigenvalue weighted by Crippen LogP contribution is 2.08. The molecule has 2 N–H and O–H groups in total. The van der Waals surface area contributed by atoms with Gasteiger partial charge < -0.3 is 9.84 Å². The summed E-state index contributed by atoms with van der Waals surface area (Å²) in [6.07, 6.45) is 0.0401. The number of aliphatic carboxylic acids is 1. The smallest absolute Gasteiger partial charge is 0.321 e. The summed E-state index contributed by atoms with van der Waals surface area (Å²) in [6, 6.07) is 6.74. The third-order valence-electron chi connectivity index (χ3n) is 2.67. The molecule has 0 heterocycles. The minimum atomic E-state index is -3.80. The van der Waals surface area contributed by atoms with E-state index in [-0.39, 0.29) is 18.8 Å². The second-order valence-electron chi connectivity index (χ2n) is 4.36. The monoisotopic (exact) mass is 312 g/mol. The van der Waals surface area contributed by atoms with E-state index in [2.05, 4.69) is 4.72 Å². The average molecular weight is 312 g/mol. The van der Waals surface area contributed by atoms with Crippen molar-refractivity contribution in [2.75, 3.05) is 13.7 Å². The average Bonchev–Trinajstić information content (AvgIpc) is 2.43. The van der Waals surface area contributed by atoms with Crippen LogP contribution in [0.15, 0.2) is 24.3 Å². The third-order valence-corrected chi connectivity index (χ3v) is 4.03. The Morgan fingerprint density at radius 1 is 1.43 bits per heavy atom. The van der Waals surface area contributed by atoms with Gasteiger partial charge in [-0.3, -0.25) is 4.79 Å². The molecule has 0 saturated carbocycles. The zero-order chi connectivity index (χ0) is 15.9. The number of carbonyl (C=O) groups is 1. The summed E-state index contributed by atoms with van der Waals surface area (Å²) in [7, 11) is -2.39. The van der Waals surface area contributed by atoms with E-state index in [9.17, 15) is 13.2 Å². The molecule has 1 unspecified atom stereocenters. The summed E-state index contributed by atoms with van der Waals surface area (Å²) in [5.41, 5.74) is 0.894. The summed E-state index contributed by atoms with van der Waals surface area (Å²) in [4.78, 5) is 11.0. The lowest BCUT2D eigenvalue weighted by molar-refractivity contribution is -0.139. The number of hydrogen-bond acceptors (Lipinski definition) is 5. The molecule has 1 atom stereocenters. The maximum atomic E-state index is 12.0. The number of carboxylic acid groups (broad SMARTS) is 1. The minimum absolute atomic E-state index is 0.0401. The van der Waals surface area contributed by atoms with Gasteiger partial charge in [-0.05, 0) is 24.1 Å². The predicted molar refractivity (Wildman–Crippen MR) is 74.8 cm³/mol. The second-order valence-corrected chi connectivity index (χ2v) is 6.11. The van der Waals surface area contributed by atoms with Crippen molar-refractivity contribution in [3.8, 4) is 6.07 Å². The van der Waals surface area contributed by atoms with Crippen molar-refractivity contribution in [1.82, 2.24) is 4.72 Å². The molecule has 1 aromatic rings. The standard InChI is InChI=1S/C13H16N2O5S/c1-20-7-6-12(13(16)17)15-21(18,19)9-11-4-2-10(8-14)3-5-11/h2-5,12,15H,6-7,9H2,1H3,(H,16,17). The molecule has 114 valence electrons. The van der Waals surface area contributed by atoms with Crippen LogP contribution >= 0.6 is 0 Å². The third kappa shape index (κ3) is 5.91. The molecule has 0 radical (unpaired) electrons. The number of hydrogen-bond donors (Lipinski definition) is 2. The van der Waals surface area contributed by atoms with Crippen molar-refractivity contribution in [2.45, 2.75) is 18.2 Å². The van der Waals surface area contributed by atoms with Gasteiger partial charge in [-0.25, -0.2) is 13.1 Å². The van der Waals surface area contributed by atoms with Crippen LogP contribution < -0.4 is 4.72 Å². The topological polar surface area (TPSA) is 116 Å². The Labute approximate surface area is 123 Å². The molecule has 7 nitrogen and oxygen atoms in total. The van der Waals surface area contributed by atoms with E-state index in [1.165, 1.54) is 31.4 Å². The van der Waals surface area contributed by atoms with Crippen LogP contribution in [0.2, 0.25) is 0 Å². The molecule has 1 rings (SSSR count). The van der Waals surface area contributed by atoms with Gasteiger partial charge in [-0.15, -0.1) is 0 Å². The maximum absolute atomic E-state index is 12.0. The largest absolute Gasteiger partial charge is 0.480 e. The van der Waals surface area contributed by atoms with Gasteiger partial charge in [0.05, 0.1) is 17.4 Å². The Morgan fingerprint density at radius 3 is 2.52 bits per heavy atom. The molecule has 8 heteroatoms. The van der Waals surface area contributed by atoms with Gasteiger partial charge in [-0.2, -0.15) is 5.26 Å². The highest BCUT2D eigenvalue weighted by atomic mass is 32.2. The number of rotatable bonds is 8. The Morgan fingerprint density at radius 2 is 2.05 bits per heavy atom. The maximum Gasteiger partial charge on any atom is 0.321 e. The zero-order valence-corrected chi connectivity index (χ0v) is 12.3. The van der Waals surface area contributed by atoms with Crippen LogP contribution in [-0.2, 0) is 25.3 Å². The van der Waals surface area contributed by atoms with Gasteiger partial charge in [0.2, 0.25) is 10.0 Å². The normalized spacial score (nSPS) is 12.6. The first-order valence-corrected chi connectivity index (χ1v) is 7.74. The predicted octanol–water partition coefficient (Wildman–Crippen LogP) is 0.467. The summed E-state index contributed by atoms with van der Waals surface area (Å²) in [5.74, 6) is -1.61. The molecule has 21 heavy (non-hydrogen) atoms. The molecule has 0 aliphatic heterocycles. The summed E-state index contributed by atoms with van der Waals surface area (Å²) >= 11 is 0. The van der Waals surface area contributed by atoms with E-state index in [0.717, 1.165) is 0 Å². The van der Waals surface area contributed by atoms with Crippen LogP contribution in [0.1, 0.15) is 17.5 Å². The van der Waals surface area contributed by atoms with Gasteiger partial charge in [-0.1, -0.05) is 12.1 Å². The van der Waals surface area contributed by atoms with E-state index in [1.54, 1.807) is 0 Å². The molecule has 0 aliphatic carbocycles. The van der Waals surface area contributed by atoms with E-state index < -0.39 is 22.0 Å². The number of methoxy groups -OCH3 is 1. The first-order valence-electron chi connectivity index (χ1n) is 6.08. The zero-order valence-electron chi connectivity index (χ0n) is 11.4. The second kappa shape index (κ2) is 7.73. The molecule has 0 saturated heterocycles. The molecule has 0 aromatic heterocycles. The van der Waals surface area contributed by atoms with E-state index >= 15 is 0 Å². The Balaban J connectivity index is 2.75. The van der Waals surface area contributed by atoms with Crippen LogP contribution in [0, 0.1) is 11.3 Å². The van der Waals surface area contributed by atoms with Crippen molar-refractivity contribution in [1.29, 1.82) is 5.26 Å². The molecule has 0 bridgehead atoms. The highest BCUT2D eigenvalue weighted by molar-refractivity contribution is 7.88. The Hall–Kier alpha value is -1.95. The van der Waals surface area contributed by atoms with Gasteiger partial charge in [0, 0.05) is 13.7 Å². The minimum Gasteiger partial charge on any atom is -0.480 e. The molecular formula is C13H16N2O5S. The number of nitrogens with zero attached hydrogens (tertiary/aromatic N) is 1. The quantitative estimate of drug-likeness (QED) is 0.720. The number of sulfonamides is 1. The van der Waals surface area contributed by atoms with Gasteiger partial charge >= 0.3 is 5.97 Å². The lowest BCUT2D eigenvalue weighted by Gasteiger charge is -2.14. The summed E-state index contributed by atoms with van der Waals surface area (Å²) < 4.78 is 30.8. The molecule has 0 spiro atoms. The fourth-order valence-corrected chi connectivity index (χ4v) is 2.99. The van der Waals surface area contributed by atoms with Crippen molar-refractivity contribution >= 4 is 16.0 Å². The highest BCUT2D eigenvalue weighted by Gasteiger charge is 2.23. The number of nitriles is 1. The van der Waals surface area contributed by atoms with Crippen LogP contribution in [0.25, 0.3) is 0 Å². The first-order chi connectivity index (χ1) is 9.88. The fraction of sp³-hybridized carbons (Fsp3) is 0.385. The van der Waals surface area contributed by atoms with Gasteiger partial charge in [0.15, 0.2) is 0 Å². The number of ether oxygens (including phenoxy) is 1. The van der Waals surface area contributed by atoms with Crippen molar-refractivity contribution in [3.05, 3.63) is 35.4 Å². The van der Waals surface area contributed by atoms with Crippen LogP contribution in [0.3, 0.4) is 0 Å². The van der Waals surface area contributed by atoms with E-state index in [1.807, 2.05) is 6.07 Å². The van der Waals surface area contributed by atoms with Crippen molar-refractivity contribution in [2.24, 2.45) is 0 Å². The molecular weight excluding hydrogens is 296 g/mol. The number of benzene rings is 1. The SMILES string of the molecule is COCCC(NS(=O)(=O)Cc1ccc(C#N)cc1)C(=O)O. The summed E-state index contributed by atoms with van der Waals surface area (Å²) in [5, 5.41) is 17.6. The van der Waals surface area contributed by atoms with Crippen molar-refractivity contribution in [3.63, 3.8) is 0 Å². The van der Waals surface area contributed by atoms with Crippen molar-refractivity contribution < 1.29 is 23.1 Å².